The molecule has 2 aromatic heterocycles. The van der Waals surface area contributed by atoms with Crippen LogP contribution in [-0.2, 0) is 0 Å². The van der Waals surface area contributed by atoms with Crippen LogP contribution in [-0.4, -0.2) is 20.4 Å². The Morgan fingerprint density at radius 1 is 0.500 bits per heavy atom. The minimum absolute atomic E-state index is 0. The predicted octanol–water partition coefficient (Wildman–Crippen LogP) is -5.49. The summed E-state index contributed by atoms with van der Waals surface area (Å²) in [4.78, 5) is 66.6. The molecule has 2 rings (SSSR count). The van der Waals surface area contributed by atoms with E-state index < -0.39 is 34.1 Å². The standard InChI is InChI=1S/C3Cl3N3O3.C3HCl2N3O3.Na/c4-7-1(10)8(5)3(12)9(6)2(7)11;4-7-1(9)6-2(10)8(5)3(7)11;/h;(H,6,9,10);/q;;+1/p-1. The first-order valence-electron chi connectivity index (χ1n) is 4.75. The van der Waals surface area contributed by atoms with Gasteiger partial charge in [-0.3, -0.25) is 19.4 Å². The van der Waals surface area contributed by atoms with Crippen LogP contribution in [0.2, 0.25) is 0 Å². The molecule has 0 saturated heterocycles. The van der Waals surface area contributed by atoms with Crippen LogP contribution in [0.4, 0.5) is 0 Å². The molecule has 0 N–H and O–H groups in total. The van der Waals surface area contributed by atoms with Gasteiger partial charge < -0.3 is 0 Å². The van der Waals surface area contributed by atoms with E-state index in [4.69, 9.17) is 58.9 Å². The summed E-state index contributed by atoms with van der Waals surface area (Å²) in [6.45, 7) is 0. The Morgan fingerprint density at radius 3 is 0.958 bits per heavy atom. The van der Waals surface area contributed by atoms with Gasteiger partial charge in [-0.25, -0.2) is 22.6 Å². The Kier molecular flexibility index (Phi) is 8.83. The third-order valence-electron chi connectivity index (χ3n) is 1.87. The number of hydrogen-bond donors (Lipinski definition) is 0. The Hall–Kier alpha value is -0.730. The van der Waals surface area contributed by atoms with E-state index in [0.717, 1.165) is 0 Å². The molecule has 18 heteroatoms. The molecule has 0 bridgehead atoms. The maximum absolute atomic E-state index is 10.8. The number of halogens is 5. The zero-order valence-electron chi connectivity index (χ0n) is 11.0. The van der Waals surface area contributed by atoms with Crippen molar-refractivity contribution < 1.29 is 29.6 Å². The van der Waals surface area contributed by atoms with E-state index in [1.807, 2.05) is 0 Å². The monoisotopic (exact) mass is 450 g/mol. The van der Waals surface area contributed by atoms with Crippen molar-refractivity contribution in [3.05, 3.63) is 62.9 Å². The summed E-state index contributed by atoms with van der Waals surface area (Å²) < 4.78 is 0.465. The smallest absolute Gasteiger partial charge is 0.284 e. The number of hydrogen-bond acceptors (Lipinski definition) is 6. The van der Waals surface area contributed by atoms with E-state index >= 15 is 0 Å². The molecule has 2 aromatic rings. The van der Waals surface area contributed by atoms with Crippen molar-refractivity contribution in [2.24, 2.45) is 0 Å². The average molecular weight is 452 g/mol. The van der Waals surface area contributed by atoms with Gasteiger partial charge in [0.1, 0.15) is 0 Å². The van der Waals surface area contributed by atoms with Crippen molar-refractivity contribution in [2.45, 2.75) is 0 Å². The van der Waals surface area contributed by atoms with Crippen molar-refractivity contribution in [1.29, 1.82) is 0 Å². The number of nitrogens with zero attached hydrogens (tertiary/aromatic N) is 6. The molecule has 0 aliphatic carbocycles. The third-order valence-corrected chi connectivity index (χ3v) is 3.32. The molecule has 0 unspecified atom stereocenters. The molecule has 2 heterocycles. The molecule has 0 aliphatic heterocycles. The predicted molar refractivity (Wildman–Crippen MR) is 80.0 cm³/mol. The molecule has 0 aliphatic rings. The van der Waals surface area contributed by atoms with Gasteiger partial charge in [-0.15, -0.1) is 12.3 Å². The maximum atomic E-state index is 10.8. The molecule has 24 heavy (non-hydrogen) atoms. The molecule has 0 amide bonds. The van der Waals surface area contributed by atoms with Gasteiger partial charge in [-0.05, 0) is 0 Å². The fourth-order valence-corrected chi connectivity index (χ4v) is 1.72. The Morgan fingerprint density at radius 2 is 0.708 bits per heavy atom. The Balaban J connectivity index is 0.000000425. The number of aromatic nitrogens is 6. The maximum Gasteiger partial charge on any atom is 1.00 e. The van der Waals surface area contributed by atoms with Crippen LogP contribution < -0.4 is 68.7 Å². The van der Waals surface area contributed by atoms with E-state index in [0.29, 0.717) is 0 Å². The van der Waals surface area contributed by atoms with Crippen LogP contribution in [0, 0.1) is 0 Å². The van der Waals surface area contributed by atoms with E-state index in [1.165, 1.54) is 0 Å². The first-order chi connectivity index (χ1) is 10.5. The molecule has 12 nitrogen and oxygen atoms in total. The summed E-state index contributed by atoms with van der Waals surface area (Å²) in [5, 5.41) is 0. The van der Waals surface area contributed by atoms with Crippen LogP contribution in [0.3, 0.4) is 0 Å². The van der Waals surface area contributed by atoms with Crippen LogP contribution in [0.1, 0.15) is 0 Å². The van der Waals surface area contributed by atoms with Gasteiger partial charge in [-0.2, -0.15) is 0 Å². The van der Waals surface area contributed by atoms with E-state index in [9.17, 15) is 28.8 Å². The van der Waals surface area contributed by atoms with Gasteiger partial charge in [-0.1, -0.05) is 23.6 Å². The normalized spacial score (nSPS) is 9.71. The first kappa shape index (κ1) is 23.3. The summed E-state index contributed by atoms with van der Waals surface area (Å²) in [6, 6.07) is 0. The molecule has 0 fully saturated rings. The van der Waals surface area contributed by atoms with E-state index in [2.05, 4.69) is 4.98 Å². The zero-order valence-corrected chi connectivity index (χ0v) is 16.8. The van der Waals surface area contributed by atoms with Crippen molar-refractivity contribution >= 4 is 58.9 Å². The van der Waals surface area contributed by atoms with Gasteiger partial charge in [0.15, 0.2) is 0 Å². The van der Waals surface area contributed by atoms with Crippen molar-refractivity contribution in [2.75, 3.05) is 0 Å². The quantitative estimate of drug-likeness (QED) is 0.363. The van der Waals surface area contributed by atoms with Crippen LogP contribution >= 0.6 is 58.9 Å². The van der Waals surface area contributed by atoms with Gasteiger partial charge in [0.25, 0.3) is 0 Å². The fourth-order valence-electron chi connectivity index (χ4n) is 0.887. The van der Waals surface area contributed by atoms with Crippen molar-refractivity contribution in [3.8, 4) is 0 Å². The Bertz CT molecular complexity index is 967. The van der Waals surface area contributed by atoms with Crippen molar-refractivity contribution in [3.63, 3.8) is 0 Å². The number of rotatable bonds is 0. The van der Waals surface area contributed by atoms with Gasteiger partial charge in [0.2, 0.25) is 17.1 Å². The minimum Gasteiger partial charge on any atom is -0.284 e. The molecule has 126 valence electrons. The molecule has 0 aromatic carbocycles. The summed E-state index contributed by atoms with van der Waals surface area (Å²) in [6.07, 6.45) is 0. The fraction of sp³-hybridized carbons (Fsp3) is 0. The van der Waals surface area contributed by atoms with Crippen molar-refractivity contribution in [1.82, 2.24) is 25.4 Å². The summed E-state index contributed by atoms with van der Waals surface area (Å²) in [7, 11) is 0. The second kappa shape index (κ2) is 9.10. The average Bonchev–Trinajstić information content (AvgIpc) is 2.53. The van der Waals surface area contributed by atoms with Crippen LogP contribution in [0.25, 0.3) is 0 Å². The molecule has 0 spiro atoms. The minimum atomic E-state index is -1.16. The molecule has 0 saturated carbocycles. The molecule has 0 atom stereocenters. The van der Waals surface area contributed by atoms with Gasteiger partial charge >= 0.3 is 46.6 Å². The van der Waals surface area contributed by atoms with Gasteiger partial charge in [0, 0.05) is 35.3 Å². The van der Waals surface area contributed by atoms with Crippen LogP contribution in [0.15, 0.2) is 28.8 Å². The zero-order chi connectivity index (χ0) is 18.1. The second-order valence-corrected chi connectivity index (χ2v) is 4.90. The molecule has 0 radical (unpaired) electrons. The van der Waals surface area contributed by atoms with Gasteiger partial charge in [0.05, 0.1) is 0 Å². The second-order valence-electron chi connectivity index (χ2n) is 3.21. The largest absolute Gasteiger partial charge is 1.00 e. The summed E-state index contributed by atoms with van der Waals surface area (Å²) >= 11 is 25.4. The SMILES string of the molecule is O=c1[n-]c(=O)n(Cl)c(=O)n1Cl.O=c1n(Cl)c(=O)n(Cl)c(=O)n1Cl.[Na+]. The summed E-state index contributed by atoms with van der Waals surface area (Å²) in [5.74, 6) is 0. The first-order valence-corrected chi connectivity index (χ1v) is 6.44. The van der Waals surface area contributed by atoms with E-state index in [1.54, 1.807) is 0 Å². The molecular formula is C6Cl5N6NaO6. The van der Waals surface area contributed by atoms with Crippen LogP contribution in [0.5, 0.6) is 0 Å². The molecular weight excluding hydrogens is 452 g/mol. The third kappa shape index (κ3) is 4.67. The Labute approximate surface area is 175 Å². The summed E-state index contributed by atoms with van der Waals surface area (Å²) in [5.41, 5.74) is -6.89. The topological polar surface area (TPSA) is 141 Å². The van der Waals surface area contributed by atoms with E-state index in [-0.39, 0.29) is 50.0 Å².